The molecule has 1 aromatic carbocycles. The monoisotopic (exact) mass is 320 g/mol. The minimum absolute atomic E-state index is 0.0503. The summed E-state index contributed by atoms with van der Waals surface area (Å²) in [4.78, 5) is 22.6. The molecule has 6 nitrogen and oxygen atoms in total. The maximum atomic E-state index is 11.9. The topological polar surface area (TPSA) is 81.4 Å². The van der Waals surface area contributed by atoms with Crippen LogP contribution >= 0.6 is 11.6 Å². The van der Waals surface area contributed by atoms with Crippen LogP contribution < -0.4 is 0 Å². The largest absolute Gasteiger partial charge is 0.478 e. The first-order chi connectivity index (χ1) is 10.5. The van der Waals surface area contributed by atoms with E-state index in [4.69, 9.17) is 21.4 Å². The van der Waals surface area contributed by atoms with E-state index in [9.17, 15) is 9.59 Å². The molecule has 0 saturated heterocycles. The van der Waals surface area contributed by atoms with Gasteiger partial charge >= 0.3 is 11.9 Å². The van der Waals surface area contributed by atoms with Crippen LogP contribution in [0.3, 0.4) is 0 Å². The molecule has 0 aliphatic heterocycles. The Bertz CT molecular complexity index is 720. The molecular weight excluding hydrogens is 308 g/mol. The first-order valence-electron chi connectivity index (χ1n) is 6.45. The molecule has 1 N–H and O–H groups in total. The zero-order valence-electron chi connectivity index (χ0n) is 11.7. The molecule has 0 spiro atoms. The summed E-state index contributed by atoms with van der Waals surface area (Å²) in [5.41, 5.74) is 1.09. The predicted molar refractivity (Wildman–Crippen MR) is 81.2 cm³/mol. The molecule has 7 heteroatoms. The van der Waals surface area contributed by atoms with Crippen molar-refractivity contribution < 1.29 is 19.4 Å². The molecule has 0 radical (unpaired) electrons. The summed E-state index contributed by atoms with van der Waals surface area (Å²) in [6.45, 7) is 1.88. The fourth-order valence-electron chi connectivity index (χ4n) is 1.75. The van der Waals surface area contributed by atoms with Gasteiger partial charge in [0.25, 0.3) is 0 Å². The average Bonchev–Trinajstić information content (AvgIpc) is 2.90. The lowest BCUT2D eigenvalue weighted by Crippen LogP contribution is -2.08. The number of aromatic nitrogens is 2. The van der Waals surface area contributed by atoms with Crippen LogP contribution in [0.2, 0.25) is 5.02 Å². The van der Waals surface area contributed by atoms with E-state index in [1.165, 1.54) is 10.8 Å². The summed E-state index contributed by atoms with van der Waals surface area (Å²) in [6, 6.07) is 6.84. The third-order valence-electron chi connectivity index (χ3n) is 2.71. The minimum atomic E-state index is -1.12. The Kier molecular flexibility index (Phi) is 4.95. The molecule has 1 aromatic heterocycles. The highest BCUT2D eigenvalue weighted by Crippen LogP contribution is 2.17. The smallest absolute Gasteiger partial charge is 0.359 e. The highest BCUT2D eigenvalue weighted by molar-refractivity contribution is 6.30. The van der Waals surface area contributed by atoms with Crippen molar-refractivity contribution >= 4 is 29.6 Å². The lowest BCUT2D eigenvalue weighted by molar-refractivity contribution is -0.131. The number of ether oxygens (including phenoxy) is 1. The van der Waals surface area contributed by atoms with Gasteiger partial charge in [0.1, 0.15) is 0 Å². The number of hydrogen-bond acceptors (Lipinski definition) is 4. The molecule has 2 aromatic rings. The van der Waals surface area contributed by atoms with Gasteiger partial charge in [0, 0.05) is 22.9 Å². The summed E-state index contributed by atoms with van der Waals surface area (Å²) in [7, 11) is 0. The third-order valence-corrected chi connectivity index (χ3v) is 2.96. The fraction of sp³-hybridized carbons (Fsp3) is 0.133. The maximum absolute atomic E-state index is 11.9. The van der Waals surface area contributed by atoms with Crippen LogP contribution in [0.1, 0.15) is 23.0 Å². The fourth-order valence-corrected chi connectivity index (χ4v) is 1.88. The van der Waals surface area contributed by atoms with Crippen LogP contribution in [0.5, 0.6) is 0 Å². The van der Waals surface area contributed by atoms with Gasteiger partial charge < -0.3 is 9.84 Å². The molecule has 2 rings (SSSR count). The lowest BCUT2D eigenvalue weighted by Gasteiger charge is -2.01. The van der Waals surface area contributed by atoms with Gasteiger partial charge in [-0.2, -0.15) is 5.10 Å². The van der Waals surface area contributed by atoms with Gasteiger partial charge in [-0.15, -0.1) is 0 Å². The molecule has 114 valence electrons. The number of aliphatic carboxylic acids is 1. The number of halogens is 1. The van der Waals surface area contributed by atoms with Crippen LogP contribution in [0.25, 0.3) is 11.8 Å². The standard InChI is InChI=1S/C15H13ClN2O4/c1-2-22-15(21)14-10(3-8-13(19)20)9-18(17-14)12-6-4-11(16)5-7-12/h3-9H,2H2,1H3,(H,19,20)/b8-3+. The van der Waals surface area contributed by atoms with Crippen molar-refractivity contribution in [3.8, 4) is 5.69 Å². The molecule has 0 fully saturated rings. The van der Waals surface area contributed by atoms with Crippen LogP contribution in [0, 0.1) is 0 Å². The summed E-state index contributed by atoms with van der Waals surface area (Å²) >= 11 is 5.83. The van der Waals surface area contributed by atoms with Crippen LogP contribution in [-0.4, -0.2) is 33.4 Å². The molecule has 1 heterocycles. The molecular formula is C15H13ClN2O4. The van der Waals surface area contributed by atoms with E-state index < -0.39 is 11.9 Å². The number of carboxylic acid groups (broad SMARTS) is 1. The molecule has 0 aliphatic rings. The second kappa shape index (κ2) is 6.91. The second-order valence-electron chi connectivity index (χ2n) is 4.25. The number of carbonyl (C=O) groups excluding carboxylic acids is 1. The lowest BCUT2D eigenvalue weighted by atomic mass is 10.2. The van der Waals surface area contributed by atoms with Gasteiger partial charge in [-0.25, -0.2) is 14.3 Å². The number of carbonyl (C=O) groups is 2. The Hall–Kier alpha value is -2.60. The van der Waals surface area contributed by atoms with Crippen LogP contribution in [-0.2, 0) is 9.53 Å². The van der Waals surface area contributed by atoms with E-state index >= 15 is 0 Å². The summed E-state index contributed by atoms with van der Waals surface area (Å²) in [5, 5.41) is 13.5. The van der Waals surface area contributed by atoms with Crippen molar-refractivity contribution in [2.24, 2.45) is 0 Å². The number of rotatable bonds is 5. The molecule has 22 heavy (non-hydrogen) atoms. The van der Waals surface area contributed by atoms with Crippen molar-refractivity contribution in [2.45, 2.75) is 6.92 Å². The second-order valence-corrected chi connectivity index (χ2v) is 4.68. The number of esters is 1. The highest BCUT2D eigenvalue weighted by atomic mass is 35.5. The van der Waals surface area contributed by atoms with E-state index in [0.717, 1.165) is 6.08 Å². The quantitative estimate of drug-likeness (QED) is 0.676. The van der Waals surface area contributed by atoms with E-state index in [2.05, 4.69) is 5.10 Å². The Morgan fingerprint density at radius 1 is 1.36 bits per heavy atom. The first-order valence-corrected chi connectivity index (χ1v) is 6.82. The van der Waals surface area contributed by atoms with Gasteiger partial charge in [-0.1, -0.05) is 11.6 Å². The molecule has 0 atom stereocenters. The Morgan fingerprint density at radius 3 is 2.64 bits per heavy atom. The maximum Gasteiger partial charge on any atom is 0.359 e. The number of carboxylic acids is 1. The van der Waals surface area contributed by atoms with Crippen LogP contribution in [0.15, 0.2) is 36.5 Å². The summed E-state index contributed by atoms with van der Waals surface area (Å²) < 4.78 is 6.39. The van der Waals surface area contributed by atoms with Gasteiger partial charge in [0.05, 0.1) is 12.3 Å². The van der Waals surface area contributed by atoms with Crippen molar-refractivity contribution in [1.29, 1.82) is 0 Å². The van der Waals surface area contributed by atoms with Gasteiger partial charge in [0.15, 0.2) is 5.69 Å². The van der Waals surface area contributed by atoms with E-state index in [1.54, 1.807) is 37.4 Å². The van der Waals surface area contributed by atoms with Crippen molar-refractivity contribution in [1.82, 2.24) is 9.78 Å². The Morgan fingerprint density at radius 2 is 2.05 bits per heavy atom. The average molecular weight is 321 g/mol. The van der Waals surface area contributed by atoms with Gasteiger partial charge in [-0.05, 0) is 37.3 Å². The van der Waals surface area contributed by atoms with Crippen molar-refractivity contribution in [3.63, 3.8) is 0 Å². The van der Waals surface area contributed by atoms with Crippen molar-refractivity contribution in [2.75, 3.05) is 6.61 Å². The third kappa shape index (κ3) is 3.73. The summed E-state index contributed by atoms with van der Waals surface area (Å²) in [6.07, 6.45) is 3.79. The van der Waals surface area contributed by atoms with E-state index in [-0.39, 0.29) is 12.3 Å². The Labute approximate surface area is 131 Å². The number of hydrogen-bond donors (Lipinski definition) is 1. The van der Waals surface area contributed by atoms with E-state index in [0.29, 0.717) is 16.3 Å². The first kappa shape index (κ1) is 15.8. The normalized spacial score (nSPS) is 10.8. The number of benzene rings is 1. The van der Waals surface area contributed by atoms with Gasteiger partial charge in [-0.3, -0.25) is 0 Å². The van der Waals surface area contributed by atoms with E-state index in [1.807, 2.05) is 0 Å². The van der Waals surface area contributed by atoms with Crippen molar-refractivity contribution in [3.05, 3.63) is 52.8 Å². The molecule has 0 bridgehead atoms. The zero-order chi connectivity index (χ0) is 16.1. The molecule has 0 saturated carbocycles. The number of nitrogens with zero attached hydrogens (tertiary/aromatic N) is 2. The summed E-state index contributed by atoms with van der Waals surface area (Å²) in [5.74, 6) is -1.73. The molecule has 0 unspecified atom stereocenters. The SMILES string of the molecule is CCOC(=O)c1nn(-c2ccc(Cl)cc2)cc1/C=C/C(=O)O. The minimum Gasteiger partial charge on any atom is -0.478 e. The molecule has 0 amide bonds. The zero-order valence-corrected chi connectivity index (χ0v) is 12.4. The molecule has 0 aliphatic carbocycles. The predicted octanol–water partition coefficient (Wildman–Crippen LogP) is 2.80. The van der Waals surface area contributed by atoms with Gasteiger partial charge in [0.2, 0.25) is 0 Å². The Balaban J connectivity index is 2.44. The van der Waals surface area contributed by atoms with Crippen LogP contribution in [0.4, 0.5) is 0 Å². The highest BCUT2D eigenvalue weighted by Gasteiger charge is 2.17.